The average Bonchev–Trinajstić information content (AvgIpc) is 2.91. The zero-order valence-electron chi connectivity index (χ0n) is 10.1. The molecule has 0 atom stereocenters. The van der Waals surface area contributed by atoms with Crippen LogP contribution < -0.4 is 5.32 Å². The van der Waals surface area contributed by atoms with Gasteiger partial charge in [-0.25, -0.2) is 0 Å². The van der Waals surface area contributed by atoms with E-state index in [2.05, 4.69) is 15.3 Å². The first-order valence-electron chi connectivity index (χ1n) is 6.35. The highest BCUT2D eigenvalue weighted by Gasteiger charge is 2.19. The molecule has 3 rings (SSSR count). The molecule has 1 aromatic carbocycles. The second-order valence-corrected chi connectivity index (χ2v) is 4.68. The smallest absolute Gasteiger partial charge is 0.253 e. The van der Waals surface area contributed by atoms with Gasteiger partial charge in [-0.15, -0.1) is 0 Å². The summed E-state index contributed by atoms with van der Waals surface area (Å²) in [6, 6.07) is 5.85. The van der Waals surface area contributed by atoms with Crippen molar-refractivity contribution in [1.29, 1.82) is 0 Å². The van der Waals surface area contributed by atoms with Gasteiger partial charge in [-0.05, 0) is 25.0 Å². The van der Waals surface area contributed by atoms with Crippen LogP contribution >= 0.6 is 0 Å². The van der Waals surface area contributed by atoms with Crippen molar-refractivity contribution in [2.75, 3.05) is 0 Å². The van der Waals surface area contributed by atoms with Crippen LogP contribution in [0, 0.1) is 0 Å². The van der Waals surface area contributed by atoms with Crippen molar-refractivity contribution in [2.24, 2.45) is 0 Å². The molecule has 1 fully saturated rings. The van der Waals surface area contributed by atoms with Crippen LogP contribution in [0.3, 0.4) is 0 Å². The zero-order chi connectivity index (χ0) is 12.4. The van der Waals surface area contributed by atoms with Crippen molar-refractivity contribution in [2.45, 2.75) is 31.7 Å². The summed E-state index contributed by atoms with van der Waals surface area (Å²) < 4.78 is 0. The zero-order valence-corrected chi connectivity index (χ0v) is 10.1. The summed E-state index contributed by atoms with van der Waals surface area (Å²) in [7, 11) is 0. The first-order valence-corrected chi connectivity index (χ1v) is 6.35. The van der Waals surface area contributed by atoms with Gasteiger partial charge < -0.3 is 5.32 Å². The van der Waals surface area contributed by atoms with Crippen molar-refractivity contribution >= 4 is 16.9 Å². The van der Waals surface area contributed by atoms with Gasteiger partial charge in [-0.2, -0.15) is 0 Å². The number of hydrogen-bond donors (Lipinski definition) is 1. The van der Waals surface area contributed by atoms with Crippen LogP contribution in [-0.2, 0) is 0 Å². The lowest BCUT2D eigenvalue weighted by Gasteiger charge is -2.12. The molecule has 1 aromatic heterocycles. The van der Waals surface area contributed by atoms with Crippen LogP contribution in [0.25, 0.3) is 11.0 Å². The molecule has 0 bridgehead atoms. The number of hydrogen-bond acceptors (Lipinski definition) is 3. The molecule has 4 heteroatoms. The summed E-state index contributed by atoms with van der Waals surface area (Å²) in [6.45, 7) is 0. The summed E-state index contributed by atoms with van der Waals surface area (Å²) in [4.78, 5) is 20.7. The van der Waals surface area contributed by atoms with Crippen LogP contribution in [0.2, 0.25) is 0 Å². The molecule has 1 saturated carbocycles. The highest BCUT2D eigenvalue weighted by Crippen LogP contribution is 2.19. The van der Waals surface area contributed by atoms with E-state index in [1.165, 1.54) is 12.8 Å². The maximum atomic E-state index is 12.2. The molecule has 4 nitrogen and oxygen atoms in total. The lowest BCUT2D eigenvalue weighted by Crippen LogP contribution is -2.32. The maximum Gasteiger partial charge on any atom is 0.253 e. The van der Waals surface area contributed by atoms with E-state index in [9.17, 15) is 4.79 Å². The monoisotopic (exact) mass is 241 g/mol. The predicted octanol–water partition coefficient (Wildman–Crippen LogP) is 2.30. The molecular weight excluding hydrogens is 226 g/mol. The van der Waals surface area contributed by atoms with Gasteiger partial charge in [0, 0.05) is 18.4 Å². The Morgan fingerprint density at radius 3 is 2.78 bits per heavy atom. The highest BCUT2D eigenvalue weighted by atomic mass is 16.1. The van der Waals surface area contributed by atoms with Gasteiger partial charge in [0.2, 0.25) is 0 Å². The van der Waals surface area contributed by atoms with Crippen LogP contribution in [-0.4, -0.2) is 21.9 Å². The molecule has 1 N–H and O–H groups in total. The van der Waals surface area contributed by atoms with Crippen LogP contribution in [0.5, 0.6) is 0 Å². The fraction of sp³-hybridized carbons (Fsp3) is 0.357. The number of carbonyl (C=O) groups is 1. The molecule has 2 aromatic rings. The molecule has 1 amide bonds. The topological polar surface area (TPSA) is 54.9 Å². The minimum atomic E-state index is -0.0343. The third kappa shape index (κ3) is 2.06. The van der Waals surface area contributed by atoms with Crippen LogP contribution in [0.4, 0.5) is 0 Å². The van der Waals surface area contributed by atoms with E-state index in [0.717, 1.165) is 18.4 Å². The second kappa shape index (κ2) is 4.72. The van der Waals surface area contributed by atoms with Gasteiger partial charge in [-0.3, -0.25) is 14.8 Å². The van der Waals surface area contributed by atoms with Crippen molar-refractivity contribution in [3.05, 3.63) is 36.2 Å². The summed E-state index contributed by atoms with van der Waals surface area (Å²) in [5.41, 5.74) is 2.06. The molecule has 0 aliphatic heterocycles. The second-order valence-electron chi connectivity index (χ2n) is 4.68. The number of para-hydroxylation sites is 1. The van der Waals surface area contributed by atoms with E-state index in [-0.39, 0.29) is 5.91 Å². The van der Waals surface area contributed by atoms with Crippen LogP contribution in [0.15, 0.2) is 30.6 Å². The Morgan fingerprint density at radius 1 is 1.17 bits per heavy atom. The number of rotatable bonds is 2. The predicted molar refractivity (Wildman–Crippen MR) is 69.3 cm³/mol. The molecule has 92 valence electrons. The lowest BCUT2D eigenvalue weighted by atomic mass is 10.1. The third-order valence-electron chi connectivity index (χ3n) is 3.43. The molecule has 18 heavy (non-hydrogen) atoms. The van der Waals surface area contributed by atoms with Gasteiger partial charge in [0.1, 0.15) is 5.52 Å². The first-order chi connectivity index (χ1) is 8.84. The number of nitrogens with zero attached hydrogens (tertiary/aromatic N) is 2. The minimum Gasteiger partial charge on any atom is -0.349 e. The quantitative estimate of drug-likeness (QED) is 0.877. The number of amides is 1. The largest absolute Gasteiger partial charge is 0.349 e. The van der Waals surface area contributed by atoms with Crippen molar-refractivity contribution in [3.63, 3.8) is 0 Å². The molecular formula is C14H15N3O. The third-order valence-corrected chi connectivity index (χ3v) is 3.43. The number of aromatic nitrogens is 2. The van der Waals surface area contributed by atoms with Gasteiger partial charge >= 0.3 is 0 Å². The van der Waals surface area contributed by atoms with Gasteiger partial charge in [0.25, 0.3) is 5.91 Å². The summed E-state index contributed by atoms with van der Waals surface area (Å²) in [6.07, 6.45) is 7.85. The molecule has 0 radical (unpaired) electrons. The fourth-order valence-corrected chi connectivity index (χ4v) is 2.51. The molecule has 0 unspecified atom stereocenters. The van der Waals surface area contributed by atoms with E-state index in [1.54, 1.807) is 18.5 Å². The normalized spacial score (nSPS) is 16.0. The Morgan fingerprint density at radius 2 is 1.94 bits per heavy atom. The van der Waals surface area contributed by atoms with E-state index in [1.807, 2.05) is 12.1 Å². The SMILES string of the molecule is O=C(NC1CCCC1)c1cccc2nccnc12. The summed E-state index contributed by atoms with van der Waals surface area (Å²) in [5.74, 6) is -0.0343. The Hall–Kier alpha value is -1.97. The van der Waals surface area contributed by atoms with Crippen molar-refractivity contribution < 1.29 is 4.79 Å². The van der Waals surface area contributed by atoms with E-state index >= 15 is 0 Å². The Kier molecular flexibility index (Phi) is 2.92. The number of nitrogens with one attached hydrogen (secondary N) is 1. The maximum absolute atomic E-state index is 12.2. The van der Waals surface area contributed by atoms with Crippen LogP contribution in [0.1, 0.15) is 36.0 Å². The number of benzene rings is 1. The standard InChI is InChI=1S/C14H15N3O/c18-14(17-10-4-1-2-5-10)11-6-3-7-12-13(11)16-9-8-15-12/h3,6-10H,1-2,4-5H2,(H,17,18). The summed E-state index contributed by atoms with van der Waals surface area (Å²) in [5, 5.41) is 3.08. The molecule has 0 saturated heterocycles. The number of fused-ring (bicyclic) bond motifs is 1. The Balaban J connectivity index is 1.91. The van der Waals surface area contributed by atoms with E-state index < -0.39 is 0 Å². The lowest BCUT2D eigenvalue weighted by molar-refractivity contribution is 0.0939. The van der Waals surface area contributed by atoms with E-state index in [0.29, 0.717) is 17.1 Å². The molecule has 1 aliphatic carbocycles. The Labute approximate surface area is 105 Å². The Bertz CT molecular complexity index is 571. The first kappa shape index (κ1) is 11.1. The average molecular weight is 241 g/mol. The highest BCUT2D eigenvalue weighted by molar-refractivity contribution is 6.04. The van der Waals surface area contributed by atoms with Gasteiger partial charge in [0.05, 0.1) is 11.1 Å². The summed E-state index contributed by atoms with van der Waals surface area (Å²) >= 11 is 0. The fourth-order valence-electron chi connectivity index (χ4n) is 2.51. The van der Waals surface area contributed by atoms with Gasteiger partial charge in [-0.1, -0.05) is 18.9 Å². The van der Waals surface area contributed by atoms with E-state index in [4.69, 9.17) is 0 Å². The number of carbonyl (C=O) groups excluding carboxylic acids is 1. The van der Waals surface area contributed by atoms with Crippen molar-refractivity contribution in [3.8, 4) is 0 Å². The van der Waals surface area contributed by atoms with Gasteiger partial charge in [0.15, 0.2) is 0 Å². The van der Waals surface area contributed by atoms with Crippen molar-refractivity contribution in [1.82, 2.24) is 15.3 Å². The molecule has 0 spiro atoms. The minimum absolute atomic E-state index is 0.0343. The molecule has 1 heterocycles. The molecule has 1 aliphatic rings.